The molecule has 0 saturated carbocycles. The molecule has 11 heteroatoms. The number of oxazole rings is 1. The van der Waals surface area contributed by atoms with Gasteiger partial charge in [0.25, 0.3) is 5.91 Å². The number of fused-ring (bicyclic) bond motifs is 2. The number of nitrogens with one attached hydrogen (secondary N) is 3. The number of amides is 1. The summed E-state index contributed by atoms with van der Waals surface area (Å²) in [4.78, 5) is 21.6. The number of carbonyl (C=O) groups excluding carboxylic acids is 1. The third-order valence-corrected chi connectivity index (χ3v) is 4.96. The van der Waals surface area contributed by atoms with Crippen LogP contribution in [0.15, 0.2) is 41.3 Å². The van der Waals surface area contributed by atoms with Crippen molar-refractivity contribution in [3.8, 4) is 0 Å². The summed E-state index contributed by atoms with van der Waals surface area (Å²) in [5.41, 5.74) is 2.69. The van der Waals surface area contributed by atoms with Gasteiger partial charge in [0.05, 0.1) is 37.2 Å². The van der Waals surface area contributed by atoms with Crippen molar-refractivity contribution < 1.29 is 19.1 Å². The number of ether oxygens (including phenoxy) is 1. The monoisotopic (exact) mass is 409 g/mol. The molecule has 1 aliphatic rings. The zero-order valence-electron chi connectivity index (χ0n) is 16.0. The molecule has 1 unspecified atom stereocenters. The van der Waals surface area contributed by atoms with Crippen molar-refractivity contribution >= 4 is 40.0 Å². The van der Waals surface area contributed by atoms with Gasteiger partial charge in [-0.1, -0.05) is 6.07 Å². The maximum atomic E-state index is 12.8. The minimum absolute atomic E-state index is 0.198. The lowest BCUT2D eigenvalue weighted by Crippen LogP contribution is -2.42. The lowest BCUT2D eigenvalue weighted by Gasteiger charge is -2.14. The van der Waals surface area contributed by atoms with Crippen LogP contribution in [0.25, 0.3) is 16.7 Å². The Kier molecular flexibility index (Phi) is 4.45. The zero-order valence-corrected chi connectivity index (χ0v) is 16.0. The molecule has 1 saturated heterocycles. The second-order valence-corrected chi connectivity index (χ2v) is 6.88. The average molecular weight is 409 g/mol. The predicted octanol–water partition coefficient (Wildman–Crippen LogP) is 1.15. The molecular weight excluding hydrogens is 390 g/mol. The van der Waals surface area contributed by atoms with E-state index in [4.69, 9.17) is 9.15 Å². The van der Waals surface area contributed by atoms with E-state index in [1.165, 1.54) is 12.6 Å². The van der Waals surface area contributed by atoms with Crippen LogP contribution in [0, 0.1) is 0 Å². The first-order valence-corrected chi connectivity index (χ1v) is 9.36. The van der Waals surface area contributed by atoms with Gasteiger partial charge in [-0.2, -0.15) is 9.61 Å². The van der Waals surface area contributed by atoms with E-state index in [1.54, 1.807) is 17.6 Å². The van der Waals surface area contributed by atoms with Gasteiger partial charge in [-0.15, -0.1) is 0 Å². The number of hydrogen-bond acceptors (Lipinski definition) is 9. The topological polar surface area (TPSA) is 139 Å². The van der Waals surface area contributed by atoms with Gasteiger partial charge in [0.15, 0.2) is 17.6 Å². The molecule has 4 heterocycles. The fourth-order valence-electron chi connectivity index (χ4n) is 3.42. The maximum absolute atomic E-state index is 12.8. The van der Waals surface area contributed by atoms with E-state index in [-0.39, 0.29) is 24.7 Å². The Bertz CT molecular complexity index is 1230. The molecule has 5 rings (SSSR count). The first-order valence-electron chi connectivity index (χ1n) is 9.36. The highest BCUT2D eigenvalue weighted by atomic mass is 16.5. The van der Waals surface area contributed by atoms with E-state index in [9.17, 15) is 9.90 Å². The summed E-state index contributed by atoms with van der Waals surface area (Å²) in [5.74, 6) is 0.754. The molecule has 1 aromatic carbocycles. The Morgan fingerprint density at radius 3 is 3.03 bits per heavy atom. The largest absolute Gasteiger partial charge is 0.443 e. The summed E-state index contributed by atoms with van der Waals surface area (Å²) >= 11 is 0. The third-order valence-electron chi connectivity index (χ3n) is 4.96. The number of aliphatic hydroxyl groups is 1. The Hall–Kier alpha value is -3.70. The Balaban J connectivity index is 1.51. The molecule has 2 atom stereocenters. The molecule has 4 aromatic rings. The number of aromatic nitrogens is 4. The maximum Gasteiger partial charge on any atom is 0.257 e. The molecule has 3 aromatic heterocycles. The first-order chi connectivity index (χ1) is 14.6. The van der Waals surface area contributed by atoms with Crippen molar-refractivity contribution in [2.75, 3.05) is 30.9 Å². The number of carbonyl (C=O) groups is 1. The molecule has 154 valence electrons. The number of nitrogens with zero attached hydrogens (tertiary/aromatic N) is 4. The van der Waals surface area contributed by atoms with E-state index >= 15 is 0 Å². The van der Waals surface area contributed by atoms with Crippen LogP contribution in [0.3, 0.4) is 0 Å². The summed E-state index contributed by atoms with van der Waals surface area (Å²) in [6, 6.07) is 6.84. The molecular formula is C19H19N7O4. The van der Waals surface area contributed by atoms with Crippen LogP contribution in [-0.2, 0) is 4.74 Å². The van der Waals surface area contributed by atoms with E-state index in [0.29, 0.717) is 28.4 Å². The van der Waals surface area contributed by atoms with Crippen molar-refractivity contribution in [1.29, 1.82) is 0 Å². The Morgan fingerprint density at radius 1 is 1.33 bits per heavy atom. The number of aliphatic hydroxyl groups excluding tert-OH is 1. The zero-order chi connectivity index (χ0) is 20.7. The second-order valence-electron chi connectivity index (χ2n) is 6.88. The minimum Gasteiger partial charge on any atom is -0.443 e. The highest BCUT2D eigenvalue weighted by Crippen LogP contribution is 2.26. The van der Waals surface area contributed by atoms with E-state index in [0.717, 1.165) is 5.69 Å². The van der Waals surface area contributed by atoms with Crippen LogP contribution in [0.1, 0.15) is 10.4 Å². The Morgan fingerprint density at radius 2 is 2.23 bits per heavy atom. The van der Waals surface area contributed by atoms with Gasteiger partial charge in [0.2, 0.25) is 0 Å². The lowest BCUT2D eigenvalue weighted by atomic mass is 10.2. The summed E-state index contributed by atoms with van der Waals surface area (Å²) in [6.45, 7) is 0.458. The molecule has 4 N–H and O–H groups in total. The van der Waals surface area contributed by atoms with Gasteiger partial charge in [-0.3, -0.25) is 4.79 Å². The fraction of sp³-hybridized carbons (Fsp3) is 0.263. The summed E-state index contributed by atoms with van der Waals surface area (Å²) in [7, 11) is 1.75. The van der Waals surface area contributed by atoms with Crippen molar-refractivity contribution in [1.82, 2.24) is 24.9 Å². The van der Waals surface area contributed by atoms with Crippen LogP contribution >= 0.6 is 0 Å². The van der Waals surface area contributed by atoms with Gasteiger partial charge in [0.1, 0.15) is 22.7 Å². The molecule has 1 amide bonds. The standard InChI is InChI=1S/C19H19N7O4/c1-20-16-5-15(23-11-3-2-4-14-17(11)21-9-30-14)25-18-10(6-22-26(16)18)19(28)24-12-7-29-8-13(12)27/h2-6,9,12-13,20,27H,7-8H2,1H3,(H,23,25)(H,24,28)/t12?,13-/m0/s1. The average Bonchev–Trinajstić information content (AvgIpc) is 3.48. The predicted molar refractivity (Wildman–Crippen MR) is 108 cm³/mol. The molecule has 0 radical (unpaired) electrons. The van der Waals surface area contributed by atoms with Gasteiger partial charge in [-0.25, -0.2) is 9.97 Å². The number of anilines is 3. The van der Waals surface area contributed by atoms with Crippen LogP contribution in [0.4, 0.5) is 17.3 Å². The van der Waals surface area contributed by atoms with Gasteiger partial charge in [0, 0.05) is 13.1 Å². The van der Waals surface area contributed by atoms with Crippen molar-refractivity contribution in [2.45, 2.75) is 12.1 Å². The van der Waals surface area contributed by atoms with Crippen LogP contribution in [-0.4, -0.2) is 63.0 Å². The molecule has 0 bridgehead atoms. The molecule has 30 heavy (non-hydrogen) atoms. The van der Waals surface area contributed by atoms with E-state index < -0.39 is 12.1 Å². The Labute approximate surface area is 170 Å². The van der Waals surface area contributed by atoms with E-state index in [1.807, 2.05) is 18.2 Å². The number of rotatable bonds is 5. The van der Waals surface area contributed by atoms with Crippen LogP contribution < -0.4 is 16.0 Å². The normalized spacial score (nSPS) is 18.7. The number of para-hydroxylation sites is 1. The van der Waals surface area contributed by atoms with Crippen molar-refractivity contribution in [2.24, 2.45) is 0 Å². The van der Waals surface area contributed by atoms with Crippen molar-refractivity contribution in [3.63, 3.8) is 0 Å². The van der Waals surface area contributed by atoms with Gasteiger partial charge >= 0.3 is 0 Å². The summed E-state index contributed by atoms with van der Waals surface area (Å²) in [5, 5.41) is 23.2. The third kappa shape index (κ3) is 3.09. The highest BCUT2D eigenvalue weighted by Gasteiger charge is 2.29. The minimum atomic E-state index is -0.739. The molecule has 1 aliphatic heterocycles. The van der Waals surface area contributed by atoms with E-state index in [2.05, 4.69) is 31.0 Å². The molecule has 11 nitrogen and oxygen atoms in total. The van der Waals surface area contributed by atoms with Crippen LogP contribution in [0.2, 0.25) is 0 Å². The summed E-state index contributed by atoms with van der Waals surface area (Å²) < 4.78 is 12.1. The molecule has 1 fully saturated rings. The smallest absolute Gasteiger partial charge is 0.257 e. The van der Waals surface area contributed by atoms with Crippen LogP contribution in [0.5, 0.6) is 0 Å². The van der Waals surface area contributed by atoms with Gasteiger partial charge < -0.3 is 30.2 Å². The number of hydrogen-bond donors (Lipinski definition) is 4. The quantitative estimate of drug-likeness (QED) is 0.382. The molecule has 0 spiro atoms. The highest BCUT2D eigenvalue weighted by molar-refractivity contribution is 6.00. The first kappa shape index (κ1) is 18.3. The summed E-state index contributed by atoms with van der Waals surface area (Å²) in [6.07, 6.45) is 2.09. The van der Waals surface area contributed by atoms with Gasteiger partial charge in [-0.05, 0) is 12.1 Å². The fourth-order valence-corrected chi connectivity index (χ4v) is 3.42. The van der Waals surface area contributed by atoms with Crippen molar-refractivity contribution in [3.05, 3.63) is 42.4 Å². The SMILES string of the molecule is CNc1cc(Nc2cccc3ocnc23)nc2c(C(=O)NC3COC[C@@H]3O)cnn12. The second kappa shape index (κ2) is 7.28. The lowest BCUT2D eigenvalue weighted by molar-refractivity contribution is 0.0888. The number of benzene rings is 1. The molecule has 0 aliphatic carbocycles.